The Bertz CT molecular complexity index is 158. The summed E-state index contributed by atoms with van der Waals surface area (Å²) < 4.78 is 4.12. The first-order valence-corrected chi connectivity index (χ1v) is 2.06. The predicted octanol–water partition coefficient (Wildman–Crippen LogP) is -0.148. The van der Waals surface area contributed by atoms with Crippen molar-refractivity contribution >= 4 is 12.3 Å². The molecule has 1 amide bonds. The van der Waals surface area contributed by atoms with Gasteiger partial charge in [0.05, 0.1) is 7.11 Å². The largest absolute Gasteiger partial charge is 0.452 e. The Labute approximate surface area is 51.9 Å². The van der Waals surface area contributed by atoms with Crippen LogP contribution in [0.4, 0.5) is 4.79 Å². The number of methoxy groups -OCH3 is 1. The van der Waals surface area contributed by atoms with Gasteiger partial charge in [0, 0.05) is 0 Å². The van der Waals surface area contributed by atoms with Crippen molar-refractivity contribution in [3.05, 3.63) is 0 Å². The van der Waals surface area contributed by atoms with Crippen LogP contribution in [0.5, 0.6) is 0 Å². The number of hydrogen-bond acceptors (Lipinski definition) is 4. The number of ether oxygens (including phenoxy) is 1. The molecule has 0 radical (unpaired) electrons. The minimum Gasteiger partial charge on any atom is -0.452 e. The van der Waals surface area contributed by atoms with E-state index in [1.807, 2.05) is 5.43 Å². The van der Waals surface area contributed by atoms with Crippen molar-refractivity contribution in [2.45, 2.75) is 0 Å². The Kier molecular flexibility index (Phi) is 3.79. The van der Waals surface area contributed by atoms with E-state index in [1.165, 1.54) is 7.11 Å². The fourth-order valence-electron chi connectivity index (χ4n) is 0.159. The highest BCUT2D eigenvalue weighted by molar-refractivity contribution is 5.76. The van der Waals surface area contributed by atoms with Crippen LogP contribution in [-0.4, -0.2) is 19.4 Å². The molecule has 0 aliphatic rings. The van der Waals surface area contributed by atoms with E-state index < -0.39 is 6.09 Å². The Balaban J connectivity index is 3.41. The summed E-state index contributed by atoms with van der Waals surface area (Å²) in [5.74, 6) is 0. The third kappa shape index (κ3) is 4.28. The molecule has 0 fully saturated rings. The van der Waals surface area contributed by atoms with Gasteiger partial charge in [-0.3, -0.25) is 0 Å². The molecule has 0 heterocycles. The van der Waals surface area contributed by atoms with Crippen LogP contribution in [0.3, 0.4) is 0 Å². The number of rotatable bonds is 1. The van der Waals surface area contributed by atoms with Crippen molar-refractivity contribution in [2.24, 2.45) is 5.10 Å². The van der Waals surface area contributed by atoms with Crippen LogP contribution in [0.1, 0.15) is 0 Å². The monoisotopic (exact) mass is 127 g/mol. The molecular weight excluding hydrogens is 122 g/mol. The number of hydrazone groups is 1. The van der Waals surface area contributed by atoms with Crippen LogP contribution in [0.15, 0.2) is 5.10 Å². The van der Waals surface area contributed by atoms with Gasteiger partial charge in [-0.1, -0.05) is 0 Å². The summed E-state index contributed by atoms with van der Waals surface area (Å²) in [5.41, 5.74) is 1.92. The zero-order valence-electron chi connectivity index (χ0n) is 4.79. The Morgan fingerprint density at radius 1 is 2.00 bits per heavy atom. The molecule has 0 rings (SSSR count). The van der Waals surface area contributed by atoms with Gasteiger partial charge in [0.2, 0.25) is 0 Å². The fraction of sp³-hybridized carbons (Fsp3) is 0.250. The lowest BCUT2D eigenvalue weighted by atomic mass is 10.9. The highest BCUT2D eigenvalue weighted by atomic mass is 16.5. The van der Waals surface area contributed by atoms with E-state index >= 15 is 0 Å². The Morgan fingerprint density at radius 3 is 3.11 bits per heavy atom. The molecule has 0 bridgehead atoms. The average Bonchev–Trinajstić information content (AvgIpc) is 1.89. The van der Waals surface area contributed by atoms with Crippen molar-refractivity contribution in [2.75, 3.05) is 7.11 Å². The molecular formula is C4H5N3O2. The first kappa shape index (κ1) is 7.43. The van der Waals surface area contributed by atoms with Gasteiger partial charge >= 0.3 is 6.09 Å². The molecule has 0 saturated heterocycles. The first-order chi connectivity index (χ1) is 4.31. The molecule has 0 aromatic rings. The van der Waals surface area contributed by atoms with Crippen molar-refractivity contribution in [1.29, 1.82) is 5.26 Å². The number of carbonyl (C=O) groups excluding carboxylic acids is 1. The molecule has 1 N–H and O–H groups in total. The topological polar surface area (TPSA) is 74.5 Å². The second-order valence-electron chi connectivity index (χ2n) is 0.991. The van der Waals surface area contributed by atoms with Gasteiger partial charge in [0.25, 0.3) is 0 Å². The number of nitrogens with one attached hydrogen (secondary N) is 1. The maximum atomic E-state index is 10.1. The highest BCUT2D eigenvalue weighted by Crippen LogP contribution is 1.67. The van der Waals surface area contributed by atoms with Crippen LogP contribution < -0.4 is 5.43 Å². The summed E-state index contributed by atoms with van der Waals surface area (Å²) in [6.45, 7) is 0. The molecule has 48 valence electrons. The standard InChI is InChI=1S/C4H5N3O2/c1-9-4(8)7-6-3-2-5/h3H,1H3,(H,7,8)/b6-3+. The molecule has 0 saturated carbocycles. The van der Waals surface area contributed by atoms with Crippen LogP contribution in [0, 0.1) is 11.3 Å². The molecule has 0 aliphatic heterocycles. The number of nitrogens with zero attached hydrogens (tertiary/aromatic N) is 2. The minimum absolute atomic E-state index is 0.693. The molecule has 0 unspecified atom stereocenters. The molecule has 5 heteroatoms. The van der Waals surface area contributed by atoms with Gasteiger partial charge in [-0.15, -0.1) is 0 Å². The van der Waals surface area contributed by atoms with Crippen LogP contribution in [-0.2, 0) is 4.74 Å². The van der Waals surface area contributed by atoms with Crippen molar-refractivity contribution in [1.82, 2.24) is 5.43 Å². The summed E-state index contributed by atoms with van der Waals surface area (Å²) >= 11 is 0. The lowest BCUT2D eigenvalue weighted by Gasteiger charge is -1.91. The summed E-state index contributed by atoms with van der Waals surface area (Å²) in [7, 11) is 1.21. The second kappa shape index (κ2) is 4.59. The minimum atomic E-state index is -0.693. The third-order valence-corrected chi connectivity index (χ3v) is 0.464. The van der Waals surface area contributed by atoms with Crippen LogP contribution in [0.2, 0.25) is 0 Å². The molecule has 0 aliphatic carbocycles. The molecule has 0 aromatic heterocycles. The average molecular weight is 127 g/mol. The molecule has 9 heavy (non-hydrogen) atoms. The van der Waals surface area contributed by atoms with Gasteiger partial charge in [0.1, 0.15) is 12.3 Å². The summed E-state index contributed by atoms with van der Waals surface area (Å²) in [5, 5.41) is 11.0. The van der Waals surface area contributed by atoms with Gasteiger partial charge in [-0.05, 0) is 0 Å². The zero-order chi connectivity index (χ0) is 7.11. The van der Waals surface area contributed by atoms with Crippen molar-refractivity contribution in [3.8, 4) is 6.07 Å². The third-order valence-electron chi connectivity index (χ3n) is 0.464. The summed E-state index contributed by atoms with van der Waals surface area (Å²) in [4.78, 5) is 10.1. The smallest absolute Gasteiger partial charge is 0.427 e. The van der Waals surface area contributed by atoms with Gasteiger partial charge in [0.15, 0.2) is 0 Å². The molecule has 5 nitrogen and oxygen atoms in total. The number of nitriles is 1. The van der Waals surface area contributed by atoms with Gasteiger partial charge in [-0.25, -0.2) is 10.2 Å². The SMILES string of the molecule is COC(=O)N/N=C/C#N. The Hall–Kier alpha value is -1.57. The quantitative estimate of drug-likeness (QED) is 0.393. The van der Waals surface area contributed by atoms with E-state index in [1.54, 1.807) is 6.07 Å². The lowest BCUT2D eigenvalue weighted by Crippen LogP contribution is -2.16. The Morgan fingerprint density at radius 2 is 2.67 bits per heavy atom. The maximum Gasteiger partial charge on any atom is 0.427 e. The van der Waals surface area contributed by atoms with E-state index in [4.69, 9.17) is 5.26 Å². The number of hydrogen-bond donors (Lipinski definition) is 1. The van der Waals surface area contributed by atoms with Gasteiger partial charge in [-0.2, -0.15) is 10.4 Å². The first-order valence-electron chi connectivity index (χ1n) is 2.06. The number of carbonyl (C=O) groups is 1. The normalized spacial score (nSPS) is 8.44. The lowest BCUT2D eigenvalue weighted by molar-refractivity contribution is 0.171. The zero-order valence-corrected chi connectivity index (χ0v) is 4.79. The predicted molar refractivity (Wildman–Crippen MR) is 29.6 cm³/mol. The van der Waals surface area contributed by atoms with E-state index in [0.29, 0.717) is 0 Å². The van der Waals surface area contributed by atoms with Crippen molar-refractivity contribution in [3.63, 3.8) is 0 Å². The molecule has 0 spiro atoms. The molecule has 0 atom stereocenters. The summed E-state index contributed by atoms with van der Waals surface area (Å²) in [6.07, 6.45) is 0.193. The highest BCUT2D eigenvalue weighted by Gasteiger charge is 1.90. The second-order valence-corrected chi connectivity index (χ2v) is 0.991. The van der Waals surface area contributed by atoms with E-state index in [0.717, 1.165) is 6.21 Å². The van der Waals surface area contributed by atoms with Crippen LogP contribution >= 0.6 is 0 Å². The molecule has 0 aromatic carbocycles. The van der Waals surface area contributed by atoms with Crippen LogP contribution in [0.25, 0.3) is 0 Å². The van der Waals surface area contributed by atoms with E-state index in [-0.39, 0.29) is 0 Å². The fourth-order valence-corrected chi connectivity index (χ4v) is 0.159. The van der Waals surface area contributed by atoms with Crippen molar-refractivity contribution < 1.29 is 9.53 Å². The number of amides is 1. The van der Waals surface area contributed by atoms with E-state index in [2.05, 4.69) is 9.84 Å². The van der Waals surface area contributed by atoms with Gasteiger partial charge < -0.3 is 4.74 Å². The summed E-state index contributed by atoms with van der Waals surface area (Å²) in [6, 6.07) is 1.59. The van der Waals surface area contributed by atoms with E-state index in [9.17, 15) is 4.79 Å². The maximum absolute atomic E-state index is 10.1.